The zero-order chi connectivity index (χ0) is 7.40. The van der Waals surface area contributed by atoms with Gasteiger partial charge in [-0.05, 0) is 25.7 Å². The Hall–Kier alpha value is -0.0400. The smallest absolute Gasteiger partial charge is 0.0966 e. The molecule has 0 aliphatic heterocycles. The van der Waals surface area contributed by atoms with Crippen molar-refractivity contribution in [3.8, 4) is 0 Å². The average Bonchev–Trinajstić information content (AvgIpc) is 2.05. The van der Waals surface area contributed by atoms with Crippen LogP contribution in [-0.4, -0.2) is 7.11 Å². The highest BCUT2D eigenvalue weighted by atomic mass is 16.5. The standard InChI is InChI=1S/C9H17O/c1-8(10-2)9-6-4-3-5-7-9/h9H,3-7H2,1-2H3. The van der Waals surface area contributed by atoms with Crippen LogP contribution in [0.3, 0.4) is 0 Å². The lowest BCUT2D eigenvalue weighted by Gasteiger charge is -2.25. The van der Waals surface area contributed by atoms with E-state index in [1.807, 2.05) is 0 Å². The van der Waals surface area contributed by atoms with E-state index in [9.17, 15) is 0 Å². The maximum absolute atomic E-state index is 5.21. The number of hydrogen-bond donors (Lipinski definition) is 0. The topological polar surface area (TPSA) is 9.23 Å². The van der Waals surface area contributed by atoms with Crippen LogP contribution in [0.1, 0.15) is 39.0 Å². The molecule has 0 atom stereocenters. The van der Waals surface area contributed by atoms with Gasteiger partial charge in [-0.3, -0.25) is 0 Å². The van der Waals surface area contributed by atoms with Crippen LogP contribution < -0.4 is 0 Å². The normalized spacial score (nSPS) is 21.9. The van der Waals surface area contributed by atoms with Crippen LogP contribution in [0.5, 0.6) is 0 Å². The van der Waals surface area contributed by atoms with Gasteiger partial charge in [-0.15, -0.1) is 0 Å². The van der Waals surface area contributed by atoms with E-state index >= 15 is 0 Å². The third-order valence-electron chi connectivity index (χ3n) is 2.50. The highest BCUT2D eigenvalue weighted by Crippen LogP contribution is 2.30. The molecular weight excluding hydrogens is 124 g/mol. The minimum atomic E-state index is 0.763. The summed E-state index contributed by atoms with van der Waals surface area (Å²) in [6.07, 6.45) is 8.14. The molecule has 0 N–H and O–H groups in total. The van der Waals surface area contributed by atoms with Gasteiger partial charge in [-0.1, -0.05) is 19.3 Å². The van der Waals surface area contributed by atoms with E-state index < -0.39 is 0 Å². The second-order valence-corrected chi connectivity index (χ2v) is 3.15. The van der Waals surface area contributed by atoms with Crippen LogP contribution in [0, 0.1) is 12.0 Å². The molecule has 0 heterocycles. The third-order valence-corrected chi connectivity index (χ3v) is 2.50. The Morgan fingerprint density at radius 2 is 1.80 bits per heavy atom. The number of rotatable bonds is 2. The summed E-state index contributed by atoms with van der Waals surface area (Å²) in [5, 5.41) is 0. The van der Waals surface area contributed by atoms with Crippen molar-refractivity contribution in [2.45, 2.75) is 39.0 Å². The summed E-state index contributed by atoms with van der Waals surface area (Å²) in [4.78, 5) is 0. The molecule has 0 saturated heterocycles. The SMILES string of the molecule is CO[C](C)C1CCCCC1. The molecule has 0 amide bonds. The summed E-state index contributed by atoms with van der Waals surface area (Å²) >= 11 is 0. The van der Waals surface area contributed by atoms with Crippen LogP contribution in [0.25, 0.3) is 0 Å². The molecule has 59 valence electrons. The molecule has 0 aromatic carbocycles. The van der Waals surface area contributed by atoms with Crippen molar-refractivity contribution in [3.05, 3.63) is 6.10 Å². The first-order chi connectivity index (χ1) is 4.84. The maximum Gasteiger partial charge on any atom is 0.0966 e. The van der Waals surface area contributed by atoms with Crippen LogP contribution in [0.15, 0.2) is 0 Å². The molecule has 1 heteroatoms. The molecule has 1 aliphatic carbocycles. The maximum atomic E-state index is 5.21. The van der Waals surface area contributed by atoms with Gasteiger partial charge in [0.05, 0.1) is 6.10 Å². The molecule has 0 bridgehead atoms. The Balaban J connectivity index is 2.24. The van der Waals surface area contributed by atoms with E-state index in [1.165, 1.54) is 38.2 Å². The van der Waals surface area contributed by atoms with E-state index in [4.69, 9.17) is 4.74 Å². The van der Waals surface area contributed by atoms with Crippen molar-refractivity contribution in [2.24, 2.45) is 5.92 Å². The van der Waals surface area contributed by atoms with E-state index in [1.54, 1.807) is 7.11 Å². The molecule has 1 saturated carbocycles. The van der Waals surface area contributed by atoms with Crippen molar-refractivity contribution in [1.82, 2.24) is 0 Å². The number of hydrogen-bond acceptors (Lipinski definition) is 1. The minimum absolute atomic E-state index is 0.763. The highest BCUT2D eigenvalue weighted by molar-refractivity contribution is 4.83. The molecular formula is C9H17O. The molecule has 0 aromatic heterocycles. The van der Waals surface area contributed by atoms with Crippen molar-refractivity contribution < 1.29 is 4.74 Å². The van der Waals surface area contributed by atoms with Gasteiger partial charge in [0.2, 0.25) is 0 Å². The second-order valence-electron chi connectivity index (χ2n) is 3.15. The molecule has 1 aliphatic rings. The van der Waals surface area contributed by atoms with Crippen LogP contribution in [0.2, 0.25) is 0 Å². The Morgan fingerprint density at radius 3 is 2.30 bits per heavy atom. The Labute approximate surface area is 63.8 Å². The Kier molecular flexibility index (Phi) is 3.20. The molecule has 1 rings (SSSR count). The fraction of sp³-hybridized carbons (Fsp3) is 0.889. The summed E-state index contributed by atoms with van der Waals surface area (Å²) in [6.45, 7) is 2.11. The molecule has 1 nitrogen and oxygen atoms in total. The van der Waals surface area contributed by atoms with Crippen LogP contribution >= 0.6 is 0 Å². The molecule has 0 spiro atoms. The monoisotopic (exact) mass is 141 g/mol. The minimum Gasteiger partial charge on any atom is -0.375 e. The molecule has 10 heavy (non-hydrogen) atoms. The molecule has 1 fully saturated rings. The van der Waals surface area contributed by atoms with E-state index in [0.29, 0.717) is 0 Å². The van der Waals surface area contributed by atoms with Gasteiger partial charge in [0.15, 0.2) is 0 Å². The summed E-state index contributed by atoms with van der Waals surface area (Å²) < 4.78 is 5.21. The number of methoxy groups -OCH3 is 1. The van der Waals surface area contributed by atoms with Gasteiger partial charge in [0.25, 0.3) is 0 Å². The lowest BCUT2D eigenvalue weighted by Crippen LogP contribution is -2.14. The second kappa shape index (κ2) is 3.97. The Morgan fingerprint density at radius 1 is 1.20 bits per heavy atom. The first kappa shape index (κ1) is 8.06. The molecule has 0 unspecified atom stereocenters. The van der Waals surface area contributed by atoms with E-state index in [0.717, 1.165) is 5.92 Å². The first-order valence-corrected chi connectivity index (χ1v) is 4.22. The molecule has 1 radical (unpaired) electrons. The lowest BCUT2D eigenvalue weighted by atomic mass is 9.86. The van der Waals surface area contributed by atoms with Crippen LogP contribution in [0.4, 0.5) is 0 Å². The van der Waals surface area contributed by atoms with Gasteiger partial charge in [-0.2, -0.15) is 0 Å². The van der Waals surface area contributed by atoms with Gasteiger partial charge >= 0.3 is 0 Å². The first-order valence-electron chi connectivity index (χ1n) is 4.22. The molecule has 0 aromatic rings. The predicted molar refractivity (Wildman–Crippen MR) is 42.5 cm³/mol. The van der Waals surface area contributed by atoms with Crippen molar-refractivity contribution >= 4 is 0 Å². The van der Waals surface area contributed by atoms with Crippen molar-refractivity contribution in [2.75, 3.05) is 7.11 Å². The quantitative estimate of drug-likeness (QED) is 0.574. The summed E-state index contributed by atoms with van der Waals surface area (Å²) in [7, 11) is 1.78. The zero-order valence-electron chi connectivity index (χ0n) is 7.02. The summed E-state index contributed by atoms with van der Waals surface area (Å²) in [5.74, 6) is 0.763. The fourth-order valence-corrected chi connectivity index (χ4v) is 1.68. The van der Waals surface area contributed by atoms with Gasteiger partial charge < -0.3 is 4.74 Å². The van der Waals surface area contributed by atoms with Gasteiger partial charge in [0.1, 0.15) is 0 Å². The van der Waals surface area contributed by atoms with Crippen LogP contribution in [-0.2, 0) is 4.74 Å². The van der Waals surface area contributed by atoms with Gasteiger partial charge in [-0.25, -0.2) is 0 Å². The fourth-order valence-electron chi connectivity index (χ4n) is 1.68. The van der Waals surface area contributed by atoms with Gasteiger partial charge in [0, 0.05) is 7.11 Å². The summed E-state index contributed by atoms with van der Waals surface area (Å²) in [5.41, 5.74) is 0. The van der Waals surface area contributed by atoms with Crippen molar-refractivity contribution in [3.63, 3.8) is 0 Å². The third kappa shape index (κ3) is 1.98. The van der Waals surface area contributed by atoms with E-state index in [2.05, 4.69) is 6.92 Å². The van der Waals surface area contributed by atoms with Crippen molar-refractivity contribution in [1.29, 1.82) is 0 Å². The highest BCUT2D eigenvalue weighted by Gasteiger charge is 2.19. The largest absolute Gasteiger partial charge is 0.375 e. The average molecular weight is 141 g/mol. The predicted octanol–water partition coefficient (Wildman–Crippen LogP) is 2.76. The zero-order valence-corrected chi connectivity index (χ0v) is 7.02. The van der Waals surface area contributed by atoms with E-state index in [-0.39, 0.29) is 0 Å². The summed E-state index contributed by atoms with van der Waals surface area (Å²) in [6, 6.07) is 0. The number of ether oxygens (including phenoxy) is 1. The lowest BCUT2D eigenvalue weighted by molar-refractivity contribution is 0.142. The Bertz CT molecular complexity index is 84.7.